The van der Waals surface area contributed by atoms with E-state index in [2.05, 4.69) is 5.32 Å². The summed E-state index contributed by atoms with van der Waals surface area (Å²) >= 11 is 0. The van der Waals surface area contributed by atoms with E-state index in [1.807, 2.05) is 0 Å². The lowest BCUT2D eigenvalue weighted by atomic mass is 9.92. The van der Waals surface area contributed by atoms with Crippen LogP contribution in [0.1, 0.15) is 36.0 Å². The maximum absolute atomic E-state index is 12.1. The Morgan fingerprint density at radius 3 is 2.79 bits per heavy atom. The molecule has 104 valence electrons. The number of ether oxygens (including phenoxy) is 1. The Bertz CT molecular complexity index is 462. The first kappa shape index (κ1) is 13.7. The van der Waals surface area contributed by atoms with Crippen LogP contribution in [0.3, 0.4) is 0 Å². The van der Waals surface area contributed by atoms with Crippen molar-refractivity contribution in [2.45, 2.75) is 37.8 Å². The molecule has 0 bridgehead atoms. The van der Waals surface area contributed by atoms with Crippen LogP contribution in [0, 0.1) is 0 Å². The number of methoxy groups -OCH3 is 1. The predicted molar refractivity (Wildman–Crippen MR) is 73.1 cm³/mol. The first-order chi connectivity index (χ1) is 9.11. The number of amides is 1. The largest absolute Gasteiger partial charge is 0.495 e. The molecule has 0 heterocycles. The lowest BCUT2D eigenvalue weighted by Gasteiger charge is -2.28. The smallest absolute Gasteiger partial charge is 0.251 e. The third-order valence-electron chi connectivity index (χ3n) is 3.54. The molecule has 0 spiro atoms. The highest BCUT2D eigenvalue weighted by Crippen LogP contribution is 2.23. The van der Waals surface area contributed by atoms with Crippen molar-refractivity contribution in [1.29, 1.82) is 0 Å². The van der Waals surface area contributed by atoms with Gasteiger partial charge in [0, 0.05) is 5.56 Å². The van der Waals surface area contributed by atoms with E-state index >= 15 is 0 Å². The van der Waals surface area contributed by atoms with Gasteiger partial charge < -0.3 is 20.9 Å². The highest BCUT2D eigenvalue weighted by atomic mass is 16.5. The minimum Gasteiger partial charge on any atom is -0.495 e. The fourth-order valence-electron chi connectivity index (χ4n) is 2.41. The van der Waals surface area contributed by atoms with Gasteiger partial charge in [-0.25, -0.2) is 0 Å². The minimum atomic E-state index is -0.451. The molecule has 0 aromatic heterocycles. The van der Waals surface area contributed by atoms with Gasteiger partial charge in [0.25, 0.3) is 5.91 Å². The van der Waals surface area contributed by atoms with E-state index in [0.717, 1.165) is 25.7 Å². The third-order valence-corrected chi connectivity index (χ3v) is 3.54. The van der Waals surface area contributed by atoms with Crippen LogP contribution >= 0.6 is 0 Å². The molecule has 1 aromatic carbocycles. The van der Waals surface area contributed by atoms with E-state index in [-0.39, 0.29) is 11.9 Å². The number of aliphatic hydroxyl groups is 1. The number of aliphatic hydroxyl groups excluding tert-OH is 1. The second kappa shape index (κ2) is 5.93. The number of carbonyl (C=O) groups excluding carboxylic acids is 1. The first-order valence-electron chi connectivity index (χ1n) is 6.54. The summed E-state index contributed by atoms with van der Waals surface area (Å²) in [5.74, 6) is 0.342. The van der Waals surface area contributed by atoms with Gasteiger partial charge >= 0.3 is 0 Å². The lowest BCUT2D eigenvalue weighted by Crippen LogP contribution is -2.45. The molecule has 1 aromatic rings. The number of anilines is 1. The van der Waals surface area contributed by atoms with Crippen LogP contribution in [0.25, 0.3) is 0 Å². The fraction of sp³-hybridized carbons (Fsp3) is 0.500. The number of carbonyl (C=O) groups is 1. The molecular weight excluding hydrogens is 244 g/mol. The van der Waals surface area contributed by atoms with Gasteiger partial charge in [0.15, 0.2) is 0 Å². The Kier molecular flexibility index (Phi) is 4.27. The molecular formula is C14H20N2O3. The highest BCUT2D eigenvalue weighted by Gasteiger charge is 2.24. The third kappa shape index (κ3) is 3.17. The van der Waals surface area contributed by atoms with E-state index in [4.69, 9.17) is 10.5 Å². The van der Waals surface area contributed by atoms with E-state index in [1.54, 1.807) is 18.2 Å². The van der Waals surface area contributed by atoms with Gasteiger partial charge in [-0.15, -0.1) is 0 Å². The molecule has 0 unspecified atom stereocenters. The standard InChI is InChI=1S/C14H20N2O3/c1-19-13-7-6-9(8-10(13)15)14(18)16-11-4-2-3-5-12(11)17/h6-8,11-12,17H,2-5,15H2,1H3,(H,16,18)/t11-,12-/m0/s1. The summed E-state index contributed by atoms with van der Waals surface area (Å²) in [6.07, 6.45) is 3.16. The summed E-state index contributed by atoms with van der Waals surface area (Å²) in [5, 5.41) is 12.7. The average Bonchev–Trinajstić information content (AvgIpc) is 2.41. The Morgan fingerprint density at radius 2 is 2.16 bits per heavy atom. The molecule has 1 amide bonds. The van der Waals surface area contributed by atoms with E-state index in [1.165, 1.54) is 7.11 Å². The molecule has 5 nitrogen and oxygen atoms in total. The van der Waals surface area contributed by atoms with Crippen LogP contribution in [-0.4, -0.2) is 30.3 Å². The van der Waals surface area contributed by atoms with Crippen molar-refractivity contribution in [2.75, 3.05) is 12.8 Å². The Hall–Kier alpha value is -1.75. The summed E-state index contributed by atoms with van der Waals surface area (Å²) in [4.78, 5) is 12.1. The fourth-order valence-corrected chi connectivity index (χ4v) is 2.41. The van der Waals surface area contributed by atoms with Crippen LogP contribution in [0.15, 0.2) is 18.2 Å². The normalized spacial score (nSPS) is 22.8. The van der Waals surface area contributed by atoms with Gasteiger partial charge in [0.1, 0.15) is 5.75 Å². The molecule has 0 aliphatic heterocycles. The maximum Gasteiger partial charge on any atom is 0.251 e. The quantitative estimate of drug-likeness (QED) is 0.719. The zero-order chi connectivity index (χ0) is 13.8. The summed E-state index contributed by atoms with van der Waals surface area (Å²) in [7, 11) is 1.53. The average molecular weight is 264 g/mol. The zero-order valence-electron chi connectivity index (χ0n) is 11.1. The Labute approximate surface area is 112 Å². The molecule has 19 heavy (non-hydrogen) atoms. The van der Waals surface area contributed by atoms with Crippen molar-refractivity contribution in [3.8, 4) is 5.75 Å². The van der Waals surface area contributed by atoms with Gasteiger partial charge in [0.05, 0.1) is 24.9 Å². The summed E-state index contributed by atoms with van der Waals surface area (Å²) < 4.78 is 5.05. The van der Waals surface area contributed by atoms with Gasteiger partial charge in [-0.2, -0.15) is 0 Å². The second-order valence-corrected chi connectivity index (χ2v) is 4.89. The minimum absolute atomic E-state index is 0.162. The molecule has 1 aliphatic carbocycles. The van der Waals surface area contributed by atoms with Crippen molar-refractivity contribution < 1.29 is 14.6 Å². The van der Waals surface area contributed by atoms with E-state index in [9.17, 15) is 9.90 Å². The molecule has 1 fully saturated rings. The molecule has 4 N–H and O–H groups in total. The Morgan fingerprint density at radius 1 is 1.42 bits per heavy atom. The molecule has 1 aliphatic rings. The topological polar surface area (TPSA) is 84.6 Å². The van der Waals surface area contributed by atoms with Crippen LogP contribution in [0.2, 0.25) is 0 Å². The van der Waals surface area contributed by atoms with Gasteiger partial charge in [-0.1, -0.05) is 12.8 Å². The number of benzene rings is 1. The second-order valence-electron chi connectivity index (χ2n) is 4.89. The Balaban J connectivity index is 2.05. The molecule has 0 saturated heterocycles. The van der Waals surface area contributed by atoms with Gasteiger partial charge in [-0.05, 0) is 31.0 Å². The number of hydrogen-bond donors (Lipinski definition) is 3. The lowest BCUT2D eigenvalue weighted by molar-refractivity contribution is 0.0717. The zero-order valence-corrected chi connectivity index (χ0v) is 11.1. The van der Waals surface area contributed by atoms with Crippen molar-refractivity contribution in [3.05, 3.63) is 23.8 Å². The van der Waals surface area contributed by atoms with E-state index in [0.29, 0.717) is 17.0 Å². The van der Waals surface area contributed by atoms with Crippen molar-refractivity contribution in [1.82, 2.24) is 5.32 Å². The van der Waals surface area contributed by atoms with Crippen LogP contribution in [-0.2, 0) is 0 Å². The van der Waals surface area contributed by atoms with Gasteiger partial charge in [0.2, 0.25) is 0 Å². The number of hydrogen-bond acceptors (Lipinski definition) is 4. The molecule has 2 atom stereocenters. The van der Waals surface area contributed by atoms with Crippen LogP contribution in [0.4, 0.5) is 5.69 Å². The van der Waals surface area contributed by atoms with Gasteiger partial charge in [-0.3, -0.25) is 4.79 Å². The predicted octanol–water partition coefficient (Wildman–Crippen LogP) is 1.31. The summed E-state index contributed by atoms with van der Waals surface area (Å²) in [6.45, 7) is 0. The first-order valence-corrected chi connectivity index (χ1v) is 6.54. The summed E-state index contributed by atoms with van der Waals surface area (Å²) in [6, 6.07) is 4.76. The monoisotopic (exact) mass is 264 g/mol. The van der Waals surface area contributed by atoms with Crippen molar-refractivity contribution in [3.63, 3.8) is 0 Å². The molecule has 0 radical (unpaired) electrons. The van der Waals surface area contributed by atoms with Crippen molar-refractivity contribution >= 4 is 11.6 Å². The number of nitrogens with one attached hydrogen (secondary N) is 1. The van der Waals surface area contributed by atoms with E-state index < -0.39 is 6.10 Å². The molecule has 2 rings (SSSR count). The molecule has 1 saturated carbocycles. The van der Waals surface area contributed by atoms with Crippen LogP contribution < -0.4 is 15.8 Å². The SMILES string of the molecule is COc1ccc(C(=O)N[C@H]2CCCC[C@@H]2O)cc1N. The number of nitrogen functional groups attached to an aromatic ring is 1. The maximum atomic E-state index is 12.1. The number of nitrogens with two attached hydrogens (primary N) is 1. The summed E-state index contributed by atoms with van der Waals surface area (Å²) in [5.41, 5.74) is 6.69. The number of rotatable bonds is 3. The highest BCUT2D eigenvalue weighted by molar-refractivity contribution is 5.95. The van der Waals surface area contributed by atoms with Crippen LogP contribution in [0.5, 0.6) is 5.75 Å². The molecule has 5 heteroatoms. The van der Waals surface area contributed by atoms with Crippen molar-refractivity contribution in [2.24, 2.45) is 0 Å².